The summed E-state index contributed by atoms with van der Waals surface area (Å²) < 4.78 is 59.8. The Hall–Kier alpha value is -3.46. The highest BCUT2D eigenvalue weighted by Gasteiger charge is 2.37. The van der Waals surface area contributed by atoms with Gasteiger partial charge in [-0.3, -0.25) is 4.68 Å². The zero-order valence-corrected chi connectivity index (χ0v) is 23.6. The Morgan fingerprint density at radius 3 is 2.62 bits per heavy atom. The fourth-order valence-corrected chi connectivity index (χ4v) is 7.52. The number of hydrogen-bond acceptors (Lipinski definition) is 10. The van der Waals surface area contributed by atoms with Crippen molar-refractivity contribution in [2.24, 2.45) is 5.92 Å². The fourth-order valence-electron chi connectivity index (χ4n) is 4.10. The molecule has 3 aromatic heterocycles. The molecule has 2 aromatic carbocycles. The summed E-state index contributed by atoms with van der Waals surface area (Å²) in [5.74, 6) is -0.0241. The number of fused-ring (bicyclic) bond motifs is 1. The van der Waals surface area contributed by atoms with Gasteiger partial charge in [-0.2, -0.15) is 5.10 Å². The van der Waals surface area contributed by atoms with Crippen molar-refractivity contribution < 1.29 is 21.3 Å². The van der Waals surface area contributed by atoms with Crippen LogP contribution in [0.3, 0.4) is 0 Å². The standard InChI is InChI=1S/C25H26N6O5S3/c1-16(2)13-31-14-19(11-26-31)18-8-9-20-21(10-18)37-25(28-20)23(24-30-29-22(36-24)12-27-38(32)33)39(34,35)15-17-6-4-3-5-7-17/h3-11,14,16,23,38H,12-13,15H2,1-2H3,(H,27,32,33). The van der Waals surface area contributed by atoms with E-state index in [0.717, 1.165) is 22.4 Å². The lowest BCUT2D eigenvalue weighted by Gasteiger charge is -2.12. The molecule has 14 heteroatoms. The molecule has 0 aliphatic rings. The quantitative estimate of drug-likeness (QED) is 0.222. The van der Waals surface area contributed by atoms with Gasteiger partial charge in [-0.15, -0.1) is 21.5 Å². The average Bonchev–Trinajstić information content (AvgIpc) is 3.62. The molecule has 3 heterocycles. The lowest BCUT2D eigenvalue weighted by molar-refractivity contribution is 0.444. The zero-order chi connectivity index (χ0) is 27.6. The Kier molecular flexibility index (Phi) is 7.88. The van der Waals surface area contributed by atoms with Gasteiger partial charge in [-0.25, -0.2) is 26.5 Å². The maximum atomic E-state index is 13.7. The number of aromatic nitrogens is 5. The molecule has 0 bridgehead atoms. The number of thiazole rings is 1. The van der Waals surface area contributed by atoms with E-state index >= 15 is 0 Å². The Bertz CT molecular complexity index is 1770. The van der Waals surface area contributed by atoms with E-state index in [0.29, 0.717) is 17.0 Å². The van der Waals surface area contributed by atoms with Crippen molar-refractivity contribution in [3.8, 4) is 11.1 Å². The zero-order valence-electron chi connectivity index (χ0n) is 21.1. The number of rotatable bonds is 11. The number of benzene rings is 2. The number of nitrogens with one attached hydrogen (secondary N) is 1. The molecule has 5 rings (SSSR count). The Morgan fingerprint density at radius 2 is 1.87 bits per heavy atom. The van der Waals surface area contributed by atoms with Crippen LogP contribution in [0.2, 0.25) is 0 Å². The van der Waals surface area contributed by atoms with E-state index in [1.807, 2.05) is 41.3 Å². The average molecular weight is 587 g/mol. The van der Waals surface area contributed by atoms with Crippen LogP contribution in [0.5, 0.6) is 0 Å². The summed E-state index contributed by atoms with van der Waals surface area (Å²) in [6, 6.07) is 14.5. The van der Waals surface area contributed by atoms with Crippen molar-refractivity contribution >= 4 is 42.3 Å². The molecule has 0 saturated carbocycles. The molecule has 1 unspecified atom stereocenters. The molecular formula is C25H26N6O5S3. The molecule has 0 aliphatic heterocycles. The topological polar surface area (TPSA) is 150 Å². The molecule has 0 spiro atoms. The van der Waals surface area contributed by atoms with Gasteiger partial charge in [-0.05, 0) is 29.2 Å². The first-order valence-corrected chi connectivity index (χ1v) is 15.8. The summed E-state index contributed by atoms with van der Waals surface area (Å²) in [7, 11) is -6.80. The van der Waals surface area contributed by atoms with Gasteiger partial charge < -0.3 is 4.42 Å². The molecule has 0 aliphatic carbocycles. The monoisotopic (exact) mass is 586 g/mol. The lowest BCUT2D eigenvalue weighted by atomic mass is 10.1. The predicted molar refractivity (Wildman–Crippen MR) is 148 cm³/mol. The first kappa shape index (κ1) is 27.1. The molecule has 0 fully saturated rings. The molecule has 0 radical (unpaired) electrons. The maximum Gasteiger partial charge on any atom is 0.241 e. The van der Waals surface area contributed by atoms with Crippen molar-refractivity contribution in [1.82, 2.24) is 29.7 Å². The van der Waals surface area contributed by atoms with E-state index in [-0.39, 0.29) is 29.1 Å². The highest BCUT2D eigenvalue weighted by atomic mass is 32.2. The van der Waals surface area contributed by atoms with Crippen LogP contribution < -0.4 is 4.72 Å². The predicted octanol–water partition coefficient (Wildman–Crippen LogP) is 3.52. The van der Waals surface area contributed by atoms with Crippen molar-refractivity contribution in [1.29, 1.82) is 0 Å². The molecule has 204 valence electrons. The molecule has 1 atom stereocenters. The number of nitrogens with zero attached hydrogens (tertiary/aromatic N) is 5. The van der Waals surface area contributed by atoms with Crippen LogP contribution in [0.4, 0.5) is 0 Å². The molecule has 39 heavy (non-hydrogen) atoms. The minimum Gasteiger partial charge on any atom is -0.422 e. The number of hydrogen-bond donors (Lipinski definition) is 2. The number of thiol groups is 1. The van der Waals surface area contributed by atoms with Crippen LogP contribution in [-0.4, -0.2) is 41.8 Å². The van der Waals surface area contributed by atoms with Gasteiger partial charge in [0.15, 0.2) is 15.1 Å². The summed E-state index contributed by atoms with van der Waals surface area (Å²) >= 11 is 1.23. The smallest absolute Gasteiger partial charge is 0.241 e. The van der Waals surface area contributed by atoms with E-state index in [1.54, 1.807) is 24.3 Å². The summed E-state index contributed by atoms with van der Waals surface area (Å²) in [6.45, 7) is 4.82. The largest absolute Gasteiger partial charge is 0.422 e. The van der Waals surface area contributed by atoms with E-state index in [9.17, 15) is 16.8 Å². The number of sulfone groups is 1. The second kappa shape index (κ2) is 11.3. The molecule has 0 saturated heterocycles. The molecule has 11 nitrogen and oxygen atoms in total. The first-order chi connectivity index (χ1) is 18.7. The fraction of sp³-hybridized carbons (Fsp3) is 0.280. The Labute approximate surface area is 230 Å². The lowest BCUT2D eigenvalue weighted by Crippen LogP contribution is -2.17. The van der Waals surface area contributed by atoms with E-state index in [4.69, 9.17) is 4.42 Å². The normalized spacial score (nSPS) is 13.0. The molecule has 5 aromatic rings. The third kappa shape index (κ3) is 6.41. The van der Waals surface area contributed by atoms with E-state index < -0.39 is 26.0 Å². The summed E-state index contributed by atoms with van der Waals surface area (Å²) in [4.78, 5) is 4.64. The van der Waals surface area contributed by atoms with Gasteiger partial charge in [0.2, 0.25) is 22.7 Å². The highest BCUT2D eigenvalue weighted by molar-refractivity contribution is 7.91. The summed E-state index contributed by atoms with van der Waals surface area (Å²) in [5.41, 5.74) is 3.13. The van der Waals surface area contributed by atoms with Crippen LogP contribution in [0.1, 0.15) is 41.4 Å². The van der Waals surface area contributed by atoms with E-state index in [2.05, 4.69) is 38.8 Å². The molecule has 0 amide bonds. The van der Waals surface area contributed by atoms with Crippen LogP contribution in [0, 0.1) is 5.92 Å². The molecular weight excluding hydrogens is 561 g/mol. The van der Waals surface area contributed by atoms with Gasteiger partial charge in [0, 0.05) is 18.3 Å². The van der Waals surface area contributed by atoms with Crippen molar-refractivity contribution in [2.45, 2.75) is 37.9 Å². The minimum atomic E-state index is -3.92. The maximum absolute atomic E-state index is 13.7. The second-order valence-electron chi connectivity index (χ2n) is 9.38. The third-order valence-electron chi connectivity index (χ3n) is 5.78. The highest BCUT2D eigenvalue weighted by Crippen LogP contribution is 2.38. The van der Waals surface area contributed by atoms with Gasteiger partial charge in [-0.1, -0.05) is 50.2 Å². The van der Waals surface area contributed by atoms with Gasteiger partial charge in [0.25, 0.3) is 0 Å². The summed E-state index contributed by atoms with van der Waals surface area (Å²) in [5, 5.41) is 11.2. The van der Waals surface area contributed by atoms with Gasteiger partial charge in [0.05, 0.1) is 28.7 Å². The SMILES string of the molecule is CC(C)Cn1cc(-c2ccc3nc(C(c4nnc(CN[SH](=O)=O)o4)S(=O)(=O)Cc4ccccc4)sc3c2)cn1. The Morgan fingerprint density at radius 1 is 1.08 bits per heavy atom. The van der Waals surface area contributed by atoms with Crippen LogP contribution in [0.25, 0.3) is 21.3 Å². The van der Waals surface area contributed by atoms with Gasteiger partial charge in [0.1, 0.15) is 5.01 Å². The van der Waals surface area contributed by atoms with Crippen LogP contribution in [0.15, 0.2) is 65.3 Å². The van der Waals surface area contributed by atoms with E-state index in [1.165, 1.54) is 11.3 Å². The second-order valence-corrected chi connectivity index (χ2v) is 13.4. The van der Waals surface area contributed by atoms with Crippen molar-refractivity contribution in [3.05, 3.63) is 83.3 Å². The van der Waals surface area contributed by atoms with Crippen LogP contribution in [-0.2, 0) is 39.6 Å². The van der Waals surface area contributed by atoms with Crippen molar-refractivity contribution in [2.75, 3.05) is 0 Å². The van der Waals surface area contributed by atoms with Crippen LogP contribution >= 0.6 is 11.3 Å². The minimum absolute atomic E-state index is 0.0501. The van der Waals surface area contributed by atoms with Gasteiger partial charge >= 0.3 is 0 Å². The summed E-state index contributed by atoms with van der Waals surface area (Å²) in [6.07, 6.45) is 3.79. The molecule has 1 N–H and O–H groups in total. The third-order valence-corrected chi connectivity index (χ3v) is 9.31. The first-order valence-electron chi connectivity index (χ1n) is 12.1. The van der Waals surface area contributed by atoms with Crippen molar-refractivity contribution in [3.63, 3.8) is 0 Å². The Balaban J connectivity index is 1.53.